The molecule has 12 heavy (non-hydrogen) atoms. The van der Waals surface area contributed by atoms with Crippen LogP contribution in [-0.4, -0.2) is 4.98 Å². The van der Waals surface area contributed by atoms with Gasteiger partial charge in [-0.3, -0.25) is 4.79 Å². The molecule has 1 aromatic heterocycles. The molecule has 0 radical (unpaired) electrons. The third kappa shape index (κ3) is 1.28. The van der Waals surface area contributed by atoms with Crippen molar-refractivity contribution in [2.75, 3.05) is 0 Å². The van der Waals surface area contributed by atoms with Gasteiger partial charge in [-0.1, -0.05) is 12.7 Å². The van der Waals surface area contributed by atoms with Crippen molar-refractivity contribution in [3.05, 3.63) is 39.8 Å². The summed E-state index contributed by atoms with van der Waals surface area (Å²) in [7, 11) is 0. The van der Waals surface area contributed by atoms with Gasteiger partial charge >= 0.3 is 0 Å². The summed E-state index contributed by atoms with van der Waals surface area (Å²) in [6.45, 7) is 5.33. The van der Waals surface area contributed by atoms with Gasteiger partial charge in [0, 0.05) is 5.69 Å². The second-order valence-electron chi connectivity index (χ2n) is 2.41. The minimum absolute atomic E-state index is 0.121. The monoisotopic (exact) mass is 160 g/mol. The van der Waals surface area contributed by atoms with E-state index < -0.39 is 0 Å². The van der Waals surface area contributed by atoms with E-state index in [1.165, 1.54) is 6.07 Å². The second kappa shape index (κ2) is 3.05. The van der Waals surface area contributed by atoms with E-state index >= 15 is 0 Å². The largest absolute Gasteiger partial charge is 0.325 e. The molecule has 0 aliphatic rings. The third-order valence-corrected chi connectivity index (χ3v) is 1.62. The molecule has 1 N–H and O–H groups in total. The zero-order chi connectivity index (χ0) is 9.14. The fourth-order valence-electron chi connectivity index (χ4n) is 0.934. The van der Waals surface area contributed by atoms with Crippen LogP contribution in [0.3, 0.4) is 0 Å². The van der Waals surface area contributed by atoms with Crippen LogP contribution in [0.5, 0.6) is 0 Å². The van der Waals surface area contributed by atoms with E-state index in [1.54, 1.807) is 19.1 Å². The molecule has 60 valence electrons. The molecular weight excluding hydrogens is 152 g/mol. The van der Waals surface area contributed by atoms with Gasteiger partial charge in [0.15, 0.2) is 0 Å². The molecule has 0 saturated carbocycles. The van der Waals surface area contributed by atoms with E-state index in [0.29, 0.717) is 0 Å². The molecule has 0 atom stereocenters. The van der Waals surface area contributed by atoms with E-state index in [2.05, 4.69) is 11.6 Å². The highest BCUT2D eigenvalue weighted by Gasteiger charge is 2.01. The van der Waals surface area contributed by atoms with Crippen LogP contribution in [0.2, 0.25) is 0 Å². The van der Waals surface area contributed by atoms with E-state index in [1.807, 2.05) is 0 Å². The first-order valence-corrected chi connectivity index (χ1v) is 3.45. The lowest BCUT2D eigenvalue weighted by Crippen LogP contribution is -2.11. The van der Waals surface area contributed by atoms with E-state index in [0.717, 1.165) is 11.3 Å². The average Bonchev–Trinajstić information content (AvgIpc) is 2.05. The Kier molecular flexibility index (Phi) is 2.11. The lowest BCUT2D eigenvalue weighted by molar-refractivity contribution is 1.12. The van der Waals surface area contributed by atoms with Crippen molar-refractivity contribution in [3.8, 4) is 6.07 Å². The standard InChI is InChI=1S/C9H8N2O/c1-3-7-4-8(5-10)9(12)11-6(7)2/h3-4H,1H2,2H3,(H,11,12). The summed E-state index contributed by atoms with van der Waals surface area (Å²) in [5.74, 6) is 0. The first-order valence-electron chi connectivity index (χ1n) is 3.45. The summed E-state index contributed by atoms with van der Waals surface area (Å²) >= 11 is 0. The van der Waals surface area contributed by atoms with Gasteiger partial charge in [0.2, 0.25) is 0 Å². The number of aromatic nitrogens is 1. The topological polar surface area (TPSA) is 56.6 Å². The van der Waals surface area contributed by atoms with Gasteiger partial charge in [-0.05, 0) is 18.6 Å². The lowest BCUT2D eigenvalue weighted by atomic mass is 10.1. The highest BCUT2D eigenvalue weighted by atomic mass is 16.1. The minimum atomic E-state index is -0.347. The molecule has 0 amide bonds. The number of pyridine rings is 1. The SMILES string of the molecule is C=Cc1cc(C#N)c(=O)[nH]c1C. The summed E-state index contributed by atoms with van der Waals surface area (Å²) in [4.78, 5) is 13.6. The van der Waals surface area contributed by atoms with Crippen molar-refractivity contribution in [1.29, 1.82) is 5.26 Å². The number of nitriles is 1. The molecule has 0 spiro atoms. The number of hydrogen-bond acceptors (Lipinski definition) is 2. The van der Waals surface area contributed by atoms with Crippen molar-refractivity contribution in [3.63, 3.8) is 0 Å². The smallest absolute Gasteiger partial charge is 0.266 e. The van der Waals surface area contributed by atoms with Crippen LogP contribution >= 0.6 is 0 Å². The van der Waals surface area contributed by atoms with Crippen molar-refractivity contribution in [2.45, 2.75) is 6.92 Å². The number of H-pyrrole nitrogens is 1. The van der Waals surface area contributed by atoms with Crippen LogP contribution in [0, 0.1) is 18.3 Å². The third-order valence-electron chi connectivity index (χ3n) is 1.62. The normalized spacial score (nSPS) is 9.00. The van der Waals surface area contributed by atoms with Crippen LogP contribution < -0.4 is 5.56 Å². The maximum atomic E-state index is 11.0. The van der Waals surface area contributed by atoms with Crippen molar-refractivity contribution < 1.29 is 0 Å². The van der Waals surface area contributed by atoms with Crippen LogP contribution in [0.4, 0.5) is 0 Å². The first-order chi connectivity index (χ1) is 5.69. The zero-order valence-electron chi connectivity index (χ0n) is 6.72. The quantitative estimate of drug-likeness (QED) is 0.671. The van der Waals surface area contributed by atoms with Crippen LogP contribution in [0.1, 0.15) is 16.8 Å². The number of aromatic amines is 1. The van der Waals surface area contributed by atoms with Gasteiger partial charge in [-0.25, -0.2) is 0 Å². The van der Waals surface area contributed by atoms with Gasteiger partial charge in [-0.15, -0.1) is 0 Å². The van der Waals surface area contributed by atoms with Gasteiger partial charge in [0.25, 0.3) is 5.56 Å². The lowest BCUT2D eigenvalue weighted by Gasteiger charge is -1.98. The van der Waals surface area contributed by atoms with Crippen molar-refractivity contribution >= 4 is 6.08 Å². The number of aryl methyl sites for hydroxylation is 1. The Morgan fingerprint density at radius 1 is 1.75 bits per heavy atom. The molecule has 0 unspecified atom stereocenters. The Hall–Kier alpha value is -1.82. The number of nitrogens with one attached hydrogen (secondary N) is 1. The molecule has 1 heterocycles. The highest BCUT2D eigenvalue weighted by molar-refractivity contribution is 5.51. The summed E-state index contributed by atoms with van der Waals surface area (Å²) in [6, 6.07) is 3.33. The summed E-state index contributed by atoms with van der Waals surface area (Å²) in [6.07, 6.45) is 1.60. The Morgan fingerprint density at radius 3 is 2.92 bits per heavy atom. The molecule has 0 aliphatic heterocycles. The first kappa shape index (κ1) is 8.28. The molecule has 1 rings (SSSR count). The maximum absolute atomic E-state index is 11.0. The molecule has 0 saturated heterocycles. The van der Waals surface area contributed by atoms with E-state index in [9.17, 15) is 4.79 Å². The van der Waals surface area contributed by atoms with Crippen molar-refractivity contribution in [2.24, 2.45) is 0 Å². The Morgan fingerprint density at radius 2 is 2.42 bits per heavy atom. The predicted octanol–water partition coefficient (Wildman–Crippen LogP) is 1.20. The number of hydrogen-bond donors (Lipinski definition) is 1. The van der Waals surface area contributed by atoms with Crippen LogP contribution in [-0.2, 0) is 0 Å². The van der Waals surface area contributed by atoms with E-state index in [-0.39, 0.29) is 11.1 Å². The number of rotatable bonds is 1. The predicted molar refractivity (Wildman–Crippen MR) is 46.6 cm³/mol. The second-order valence-corrected chi connectivity index (χ2v) is 2.41. The average molecular weight is 160 g/mol. The zero-order valence-corrected chi connectivity index (χ0v) is 6.72. The Balaban J connectivity index is 3.50. The van der Waals surface area contributed by atoms with Crippen LogP contribution in [0.15, 0.2) is 17.4 Å². The summed E-state index contributed by atoms with van der Waals surface area (Å²) in [5.41, 5.74) is 1.29. The minimum Gasteiger partial charge on any atom is -0.325 e. The van der Waals surface area contributed by atoms with Gasteiger partial charge < -0.3 is 4.98 Å². The number of nitrogens with zero attached hydrogens (tertiary/aromatic N) is 1. The fourth-order valence-corrected chi connectivity index (χ4v) is 0.934. The Labute approximate surface area is 70.0 Å². The molecule has 3 heteroatoms. The molecule has 0 fully saturated rings. The summed E-state index contributed by atoms with van der Waals surface area (Å²) in [5, 5.41) is 8.52. The molecule has 3 nitrogen and oxygen atoms in total. The molecule has 0 aliphatic carbocycles. The molecular formula is C9H8N2O. The van der Waals surface area contributed by atoms with Crippen LogP contribution in [0.25, 0.3) is 6.08 Å². The Bertz CT molecular complexity index is 410. The maximum Gasteiger partial charge on any atom is 0.266 e. The molecule has 1 aromatic rings. The fraction of sp³-hybridized carbons (Fsp3) is 0.111. The molecule has 0 aromatic carbocycles. The van der Waals surface area contributed by atoms with Gasteiger partial charge in [-0.2, -0.15) is 5.26 Å². The van der Waals surface area contributed by atoms with E-state index in [4.69, 9.17) is 5.26 Å². The highest BCUT2D eigenvalue weighted by Crippen LogP contribution is 2.04. The molecule has 0 bridgehead atoms. The van der Waals surface area contributed by atoms with Gasteiger partial charge in [0.05, 0.1) is 0 Å². The van der Waals surface area contributed by atoms with Crippen molar-refractivity contribution in [1.82, 2.24) is 4.98 Å². The summed E-state index contributed by atoms with van der Waals surface area (Å²) < 4.78 is 0. The van der Waals surface area contributed by atoms with Gasteiger partial charge in [0.1, 0.15) is 11.6 Å².